The summed E-state index contributed by atoms with van der Waals surface area (Å²) in [7, 11) is 0. The van der Waals surface area contributed by atoms with Crippen LogP contribution in [0.25, 0.3) is 10.9 Å². The van der Waals surface area contributed by atoms with Gasteiger partial charge in [0.1, 0.15) is 12.4 Å². The van der Waals surface area contributed by atoms with E-state index in [1.54, 1.807) is 18.2 Å². The number of para-hydroxylation sites is 1. The van der Waals surface area contributed by atoms with Gasteiger partial charge in [0.15, 0.2) is 12.4 Å². The second-order valence-corrected chi connectivity index (χ2v) is 6.60. The summed E-state index contributed by atoms with van der Waals surface area (Å²) in [5.74, 6) is -0.403. The molecule has 0 aliphatic heterocycles. The molecule has 0 saturated carbocycles. The number of nitrogens with one attached hydrogen (secondary N) is 3. The molecule has 140 valence electrons. The quantitative estimate of drug-likeness (QED) is 0.601. The van der Waals surface area contributed by atoms with E-state index in [-0.39, 0.29) is 23.7 Å². The lowest BCUT2D eigenvalue weighted by Crippen LogP contribution is -3.11. The van der Waals surface area contributed by atoms with E-state index in [4.69, 9.17) is 11.6 Å². The highest BCUT2D eigenvalue weighted by atomic mass is 35.5. The molecule has 0 spiro atoms. The second kappa shape index (κ2) is 8.28. The largest absolute Gasteiger partial charge is 0.321 e. The van der Waals surface area contributed by atoms with Crippen molar-refractivity contribution in [2.24, 2.45) is 0 Å². The minimum Gasteiger partial charge on any atom is -0.321 e. The van der Waals surface area contributed by atoms with E-state index in [1.165, 1.54) is 18.2 Å². The number of aromatic nitrogens is 2. The lowest BCUT2D eigenvalue weighted by atomic mass is 10.2. The molecule has 1 unspecified atom stereocenters. The van der Waals surface area contributed by atoms with Crippen molar-refractivity contribution < 1.29 is 14.1 Å². The molecule has 0 bridgehead atoms. The fourth-order valence-corrected chi connectivity index (χ4v) is 2.95. The van der Waals surface area contributed by atoms with Gasteiger partial charge in [-0.2, -0.15) is 0 Å². The highest BCUT2D eigenvalue weighted by Crippen LogP contribution is 2.19. The number of carbonyl (C=O) groups is 1. The lowest BCUT2D eigenvalue weighted by molar-refractivity contribution is -0.904. The van der Waals surface area contributed by atoms with Crippen molar-refractivity contribution in [1.29, 1.82) is 0 Å². The van der Waals surface area contributed by atoms with Gasteiger partial charge in [0.25, 0.3) is 11.5 Å². The van der Waals surface area contributed by atoms with Crippen LogP contribution in [0.5, 0.6) is 0 Å². The summed E-state index contributed by atoms with van der Waals surface area (Å²) < 4.78 is 13.8. The zero-order chi connectivity index (χ0) is 19.4. The maximum Gasteiger partial charge on any atom is 0.279 e. The molecule has 1 atom stereocenters. The first-order valence-corrected chi connectivity index (χ1v) is 8.90. The Morgan fingerprint density at radius 2 is 2.07 bits per heavy atom. The molecule has 3 rings (SSSR count). The number of likely N-dealkylation sites (N-methyl/N-ethyl adjacent to an activating group) is 1. The number of amides is 1. The van der Waals surface area contributed by atoms with Crippen molar-refractivity contribution in [3.63, 3.8) is 0 Å². The van der Waals surface area contributed by atoms with Crippen LogP contribution < -0.4 is 15.8 Å². The van der Waals surface area contributed by atoms with Gasteiger partial charge < -0.3 is 15.2 Å². The van der Waals surface area contributed by atoms with Crippen molar-refractivity contribution in [3.05, 3.63) is 69.5 Å². The van der Waals surface area contributed by atoms with Gasteiger partial charge in [0.2, 0.25) is 0 Å². The van der Waals surface area contributed by atoms with Crippen LogP contribution in [0.4, 0.5) is 10.1 Å². The summed E-state index contributed by atoms with van der Waals surface area (Å²) in [6.07, 6.45) is 0. The summed E-state index contributed by atoms with van der Waals surface area (Å²) >= 11 is 5.84. The first kappa shape index (κ1) is 19.0. The number of hydrogen-bond donors (Lipinski definition) is 3. The standard InChI is InChI=1S/C19H18ClFN4O2/c1-2-25(11-18(26)23-16-9-12(20)7-8-14(16)21)10-17-22-15-6-4-3-5-13(15)19(27)24-17/h3-9H,2,10-11H2,1H3,(H,23,26)(H,22,24,27)/p+1. The number of fused-ring (bicyclic) bond motifs is 1. The Kier molecular flexibility index (Phi) is 5.83. The SMILES string of the molecule is CC[NH+](CC(=O)Nc1cc(Cl)ccc1F)Cc1nc2ccccc2c(=O)[nH]1. The van der Waals surface area contributed by atoms with Crippen LogP contribution >= 0.6 is 11.6 Å². The number of benzene rings is 2. The van der Waals surface area contributed by atoms with E-state index in [2.05, 4.69) is 15.3 Å². The van der Waals surface area contributed by atoms with Gasteiger partial charge in [0, 0.05) is 5.02 Å². The van der Waals surface area contributed by atoms with Crippen LogP contribution in [0.3, 0.4) is 0 Å². The number of aromatic amines is 1. The molecule has 2 aromatic carbocycles. The Labute approximate surface area is 160 Å². The van der Waals surface area contributed by atoms with Gasteiger partial charge in [-0.15, -0.1) is 0 Å². The third kappa shape index (κ3) is 4.69. The molecule has 6 nitrogen and oxygen atoms in total. The molecule has 3 N–H and O–H groups in total. The van der Waals surface area contributed by atoms with Gasteiger partial charge in [-0.3, -0.25) is 9.59 Å². The second-order valence-electron chi connectivity index (χ2n) is 6.16. The number of quaternary nitrogens is 1. The predicted molar refractivity (Wildman–Crippen MR) is 102 cm³/mol. The summed E-state index contributed by atoms with van der Waals surface area (Å²) in [5, 5.41) is 3.39. The molecule has 0 aliphatic carbocycles. The Morgan fingerprint density at radius 3 is 2.85 bits per heavy atom. The molecule has 0 aliphatic rings. The van der Waals surface area contributed by atoms with E-state index in [9.17, 15) is 14.0 Å². The van der Waals surface area contributed by atoms with Crippen LogP contribution in [0.2, 0.25) is 5.02 Å². The fourth-order valence-electron chi connectivity index (χ4n) is 2.78. The van der Waals surface area contributed by atoms with Crippen molar-refractivity contribution in [2.45, 2.75) is 13.5 Å². The molecular weight excluding hydrogens is 371 g/mol. The molecule has 1 amide bonds. The third-order valence-electron chi connectivity index (χ3n) is 4.19. The monoisotopic (exact) mass is 389 g/mol. The van der Waals surface area contributed by atoms with Crippen LogP contribution in [-0.2, 0) is 11.3 Å². The van der Waals surface area contributed by atoms with Gasteiger partial charge in [-0.1, -0.05) is 23.7 Å². The van der Waals surface area contributed by atoms with E-state index >= 15 is 0 Å². The molecule has 0 saturated heterocycles. The van der Waals surface area contributed by atoms with Crippen molar-refractivity contribution in [1.82, 2.24) is 9.97 Å². The maximum atomic E-state index is 13.8. The number of anilines is 1. The van der Waals surface area contributed by atoms with Gasteiger partial charge >= 0.3 is 0 Å². The molecule has 0 radical (unpaired) electrons. The predicted octanol–water partition coefficient (Wildman–Crippen LogP) is 1.76. The normalized spacial score (nSPS) is 12.1. The van der Waals surface area contributed by atoms with Crippen molar-refractivity contribution >= 4 is 34.1 Å². The number of hydrogen-bond acceptors (Lipinski definition) is 3. The topological polar surface area (TPSA) is 79.3 Å². The summed E-state index contributed by atoms with van der Waals surface area (Å²) in [6, 6.07) is 11.1. The van der Waals surface area contributed by atoms with Crippen molar-refractivity contribution in [2.75, 3.05) is 18.4 Å². The Balaban J connectivity index is 1.71. The lowest BCUT2D eigenvalue weighted by Gasteiger charge is -2.17. The summed E-state index contributed by atoms with van der Waals surface area (Å²) in [5.41, 5.74) is 0.439. The summed E-state index contributed by atoms with van der Waals surface area (Å²) in [4.78, 5) is 32.5. The average Bonchev–Trinajstić information content (AvgIpc) is 2.64. The van der Waals surface area contributed by atoms with E-state index in [0.29, 0.717) is 34.8 Å². The first-order valence-electron chi connectivity index (χ1n) is 8.52. The smallest absolute Gasteiger partial charge is 0.279 e. The third-order valence-corrected chi connectivity index (χ3v) is 4.43. The average molecular weight is 390 g/mol. The van der Waals surface area contributed by atoms with E-state index in [0.717, 1.165) is 4.90 Å². The number of carbonyl (C=O) groups excluding carboxylic acids is 1. The molecular formula is C19H19ClFN4O2+. The number of rotatable bonds is 6. The minimum atomic E-state index is -0.550. The van der Waals surface area contributed by atoms with Gasteiger partial charge in [0.05, 0.1) is 23.1 Å². The zero-order valence-corrected chi connectivity index (χ0v) is 15.4. The number of H-pyrrole nitrogens is 1. The van der Waals surface area contributed by atoms with Crippen LogP contribution in [0.15, 0.2) is 47.3 Å². The highest BCUT2D eigenvalue weighted by molar-refractivity contribution is 6.30. The summed E-state index contributed by atoms with van der Waals surface area (Å²) in [6.45, 7) is 3.00. The molecule has 0 fully saturated rings. The molecule has 3 aromatic rings. The molecule has 1 aromatic heterocycles. The number of halogens is 2. The minimum absolute atomic E-state index is 0.0418. The molecule has 1 heterocycles. The Bertz CT molecular complexity index is 1040. The fraction of sp³-hybridized carbons (Fsp3) is 0.211. The van der Waals surface area contributed by atoms with Gasteiger partial charge in [-0.05, 0) is 37.3 Å². The Hall–Kier alpha value is -2.77. The maximum absolute atomic E-state index is 13.8. The van der Waals surface area contributed by atoms with Crippen LogP contribution in [0.1, 0.15) is 12.7 Å². The Morgan fingerprint density at radius 1 is 1.30 bits per heavy atom. The van der Waals surface area contributed by atoms with Crippen molar-refractivity contribution in [3.8, 4) is 0 Å². The zero-order valence-electron chi connectivity index (χ0n) is 14.7. The van der Waals surface area contributed by atoms with E-state index in [1.807, 2.05) is 13.0 Å². The van der Waals surface area contributed by atoms with Crippen LogP contribution in [0, 0.1) is 5.82 Å². The molecule has 27 heavy (non-hydrogen) atoms. The van der Waals surface area contributed by atoms with Crippen LogP contribution in [-0.4, -0.2) is 29.0 Å². The molecule has 8 heteroatoms. The number of nitrogens with zero attached hydrogens (tertiary/aromatic N) is 1. The van der Waals surface area contributed by atoms with Gasteiger partial charge in [-0.25, -0.2) is 9.37 Å². The van der Waals surface area contributed by atoms with E-state index < -0.39 is 5.82 Å². The first-order chi connectivity index (χ1) is 13.0. The highest BCUT2D eigenvalue weighted by Gasteiger charge is 2.17.